The third-order valence-corrected chi connectivity index (χ3v) is 5.44. The SMILES string of the molecule is COc1cccc(CCNC(=O)Oc2ccc(C[C@H](NC(=O)c3ccccc3Cl)C(=O)O)cc2)c1. The van der Waals surface area contributed by atoms with Gasteiger partial charge in [-0.05, 0) is 53.9 Å². The van der Waals surface area contributed by atoms with E-state index in [4.69, 9.17) is 21.1 Å². The van der Waals surface area contributed by atoms with Gasteiger partial charge in [-0.25, -0.2) is 9.59 Å². The fraction of sp³-hybridized carbons (Fsp3) is 0.192. The number of methoxy groups -OCH3 is 1. The summed E-state index contributed by atoms with van der Waals surface area (Å²) in [6.45, 7) is 0.384. The van der Waals surface area contributed by atoms with Crippen LogP contribution in [0, 0.1) is 0 Å². The van der Waals surface area contributed by atoms with Crippen LogP contribution in [0.1, 0.15) is 21.5 Å². The molecular formula is C26H25ClN2O6. The Morgan fingerprint density at radius 3 is 2.37 bits per heavy atom. The number of halogens is 1. The van der Waals surface area contributed by atoms with Crippen molar-refractivity contribution in [3.8, 4) is 11.5 Å². The molecule has 3 aromatic rings. The molecule has 2 amide bonds. The van der Waals surface area contributed by atoms with Crippen molar-refractivity contribution in [2.24, 2.45) is 0 Å². The molecule has 8 nitrogen and oxygen atoms in total. The predicted molar refractivity (Wildman–Crippen MR) is 131 cm³/mol. The third-order valence-electron chi connectivity index (χ3n) is 5.11. The van der Waals surface area contributed by atoms with E-state index >= 15 is 0 Å². The van der Waals surface area contributed by atoms with Crippen molar-refractivity contribution in [2.75, 3.05) is 13.7 Å². The molecule has 0 saturated heterocycles. The van der Waals surface area contributed by atoms with E-state index in [1.54, 1.807) is 49.6 Å². The van der Waals surface area contributed by atoms with Gasteiger partial charge in [0.05, 0.1) is 17.7 Å². The second-order valence-electron chi connectivity index (χ2n) is 7.61. The number of rotatable bonds is 10. The van der Waals surface area contributed by atoms with E-state index in [-0.39, 0.29) is 17.0 Å². The van der Waals surface area contributed by atoms with Crippen molar-refractivity contribution < 1.29 is 29.0 Å². The van der Waals surface area contributed by atoms with Crippen molar-refractivity contribution in [1.82, 2.24) is 10.6 Å². The highest BCUT2D eigenvalue weighted by Crippen LogP contribution is 2.17. The van der Waals surface area contributed by atoms with Crippen molar-refractivity contribution in [3.05, 3.63) is 94.5 Å². The van der Waals surface area contributed by atoms with Crippen LogP contribution in [0.4, 0.5) is 4.79 Å². The second-order valence-corrected chi connectivity index (χ2v) is 8.02. The smallest absolute Gasteiger partial charge is 0.412 e. The van der Waals surface area contributed by atoms with Gasteiger partial charge in [0.15, 0.2) is 0 Å². The molecule has 0 unspecified atom stereocenters. The van der Waals surface area contributed by atoms with Crippen LogP contribution in [-0.2, 0) is 17.6 Å². The van der Waals surface area contributed by atoms with E-state index in [1.807, 2.05) is 24.3 Å². The maximum atomic E-state index is 12.4. The van der Waals surface area contributed by atoms with Gasteiger partial charge in [-0.1, -0.05) is 48.0 Å². The summed E-state index contributed by atoms with van der Waals surface area (Å²) in [5.41, 5.74) is 1.85. The van der Waals surface area contributed by atoms with Crippen molar-refractivity contribution >= 4 is 29.6 Å². The van der Waals surface area contributed by atoms with Gasteiger partial charge in [0.1, 0.15) is 17.5 Å². The highest BCUT2D eigenvalue weighted by Gasteiger charge is 2.22. The van der Waals surface area contributed by atoms with Crippen LogP contribution in [0.2, 0.25) is 5.02 Å². The molecular weight excluding hydrogens is 472 g/mol. The van der Waals surface area contributed by atoms with Crippen LogP contribution in [-0.4, -0.2) is 42.8 Å². The number of hydrogen-bond acceptors (Lipinski definition) is 5. The number of carbonyl (C=O) groups is 3. The average molecular weight is 497 g/mol. The minimum absolute atomic E-state index is 0.0402. The van der Waals surface area contributed by atoms with E-state index in [0.29, 0.717) is 24.3 Å². The summed E-state index contributed by atoms with van der Waals surface area (Å²) in [5.74, 6) is -0.701. The zero-order chi connectivity index (χ0) is 25.2. The molecule has 0 aliphatic rings. The van der Waals surface area contributed by atoms with Crippen molar-refractivity contribution in [1.29, 1.82) is 0 Å². The maximum absolute atomic E-state index is 12.4. The van der Waals surface area contributed by atoms with Gasteiger partial charge >= 0.3 is 12.1 Å². The third kappa shape index (κ3) is 7.75. The minimum atomic E-state index is -1.18. The molecule has 182 valence electrons. The topological polar surface area (TPSA) is 114 Å². The number of carboxylic acid groups (broad SMARTS) is 1. The van der Waals surface area contributed by atoms with Gasteiger partial charge in [-0.2, -0.15) is 0 Å². The molecule has 9 heteroatoms. The van der Waals surface area contributed by atoms with E-state index in [2.05, 4.69) is 10.6 Å². The van der Waals surface area contributed by atoms with Crippen LogP contribution in [0.15, 0.2) is 72.8 Å². The monoisotopic (exact) mass is 496 g/mol. The number of hydrogen-bond donors (Lipinski definition) is 3. The Morgan fingerprint density at radius 2 is 1.69 bits per heavy atom. The number of ether oxygens (including phenoxy) is 2. The second kappa shape index (κ2) is 12.4. The molecule has 0 heterocycles. The molecule has 0 aromatic heterocycles. The molecule has 0 bridgehead atoms. The summed E-state index contributed by atoms with van der Waals surface area (Å²) in [6, 6.07) is 19.2. The Labute approximate surface area is 207 Å². The number of nitrogens with one attached hydrogen (secondary N) is 2. The Kier molecular flexibility index (Phi) is 9.09. The first-order valence-electron chi connectivity index (χ1n) is 10.8. The first-order chi connectivity index (χ1) is 16.9. The fourth-order valence-corrected chi connectivity index (χ4v) is 3.51. The standard InChI is InChI=1S/C26H25ClN2O6/c1-34-20-6-4-5-17(15-20)13-14-28-26(33)35-19-11-9-18(10-12-19)16-23(25(31)32)29-24(30)21-7-2-3-8-22(21)27/h2-12,15,23H,13-14,16H2,1H3,(H,28,33)(H,29,30)(H,31,32)/t23-/m0/s1. The van der Waals surface area contributed by atoms with Crippen LogP contribution in [0.25, 0.3) is 0 Å². The molecule has 35 heavy (non-hydrogen) atoms. The molecule has 3 aromatic carbocycles. The summed E-state index contributed by atoms with van der Waals surface area (Å²) >= 11 is 6.02. The highest BCUT2D eigenvalue weighted by atomic mass is 35.5. The Balaban J connectivity index is 1.50. The molecule has 1 atom stereocenters. The zero-order valence-corrected chi connectivity index (χ0v) is 19.7. The lowest BCUT2D eigenvalue weighted by atomic mass is 10.1. The molecule has 0 aliphatic carbocycles. The molecule has 0 saturated carbocycles. The summed E-state index contributed by atoms with van der Waals surface area (Å²) in [6.07, 6.45) is 0.0522. The van der Waals surface area contributed by atoms with Gasteiger partial charge < -0.3 is 25.2 Å². The summed E-state index contributed by atoms with van der Waals surface area (Å²) in [7, 11) is 1.60. The first kappa shape index (κ1) is 25.6. The number of carboxylic acids is 1. The Bertz CT molecular complexity index is 1180. The van der Waals surface area contributed by atoms with Crippen LogP contribution < -0.4 is 20.1 Å². The fourth-order valence-electron chi connectivity index (χ4n) is 3.29. The highest BCUT2D eigenvalue weighted by molar-refractivity contribution is 6.33. The van der Waals surface area contributed by atoms with E-state index in [0.717, 1.165) is 11.3 Å². The molecule has 3 N–H and O–H groups in total. The largest absolute Gasteiger partial charge is 0.497 e. The lowest BCUT2D eigenvalue weighted by Gasteiger charge is -2.15. The minimum Gasteiger partial charge on any atom is -0.497 e. The van der Waals surface area contributed by atoms with Gasteiger partial charge in [-0.3, -0.25) is 4.79 Å². The lowest BCUT2D eigenvalue weighted by Crippen LogP contribution is -2.42. The molecule has 0 radical (unpaired) electrons. The first-order valence-corrected chi connectivity index (χ1v) is 11.2. The van der Waals surface area contributed by atoms with Gasteiger partial charge in [0.25, 0.3) is 5.91 Å². The average Bonchev–Trinajstić information content (AvgIpc) is 2.85. The lowest BCUT2D eigenvalue weighted by molar-refractivity contribution is -0.139. The summed E-state index contributed by atoms with van der Waals surface area (Å²) < 4.78 is 10.4. The van der Waals surface area contributed by atoms with Crippen LogP contribution >= 0.6 is 11.6 Å². The summed E-state index contributed by atoms with van der Waals surface area (Å²) in [5, 5.41) is 14.9. The van der Waals surface area contributed by atoms with E-state index < -0.39 is 24.0 Å². The molecule has 0 aliphatic heterocycles. The molecule has 0 fully saturated rings. The van der Waals surface area contributed by atoms with Gasteiger partial charge in [-0.15, -0.1) is 0 Å². The van der Waals surface area contributed by atoms with Gasteiger partial charge in [0, 0.05) is 13.0 Å². The quantitative estimate of drug-likeness (QED) is 0.389. The summed E-state index contributed by atoms with van der Waals surface area (Å²) in [4.78, 5) is 36.2. The number of carbonyl (C=O) groups excluding carboxylic acids is 2. The van der Waals surface area contributed by atoms with E-state index in [1.165, 1.54) is 6.07 Å². The van der Waals surface area contributed by atoms with E-state index in [9.17, 15) is 19.5 Å². The number of aliphatic carboxylic acids is 1. The number of benzene rings is 3. The van der Waals surface area contributed by atoms with Crippen molar-refractivity contribution in [3.63, 3.8) is 0 Å². The maximum Gasteiger partial charge on any atom is 0.412 e. The normalized spacial score (nSPS) is 11.3. The molecule has 0 spiro atoms. The van der Waals surface area contributed by atoms with Crippen LogP contribution in [0.3, 0.4) is 0 Å². The van der Waals surface area contributed by atoms with Crippen molar-refractivity contribution in [2.45, 2.75) is 18.9 Å². The Morgan fingerprint density at radius 1 is 0.943 bits per heavy atom. The number of amides is 2. The zero-order valence-electron chi connectivity index (χ0n) is 19.0. The predicted octanol–water partition coefficient (Wildman–Crippen LogP) is 4.11. The Hall–Kier alpha value is -4.04. The molecule has 3 rings (SSSR count). The van der Waals surface area contributed by atoms with Crippen LogP contribution in [0.5, 0.6) is 11.5 Å². The van der Waals surface area contributed by atoms with Gasteiger partial charge in [0.2, 0.25) is 0 Å².